The van der Waals surface area contributed by atoms with Gasteiger partial charge in [0.2, 0.25) is 5.95 Å². The van der Waals surface area contributed by atoms with Crippen LogP contribution in [0, 0.1) is 0 Å². The summed E-state index contributed by atoms with van der Waals surface area (Å²) < 4.78 is 35.2. The van der Waals surface area contributed by atoms with Crippen LogP contribution in [0.1, 0.15) is 19.6 Å². The molecule has 0 bridgehead atoms. The number of hydrogen-bond acceptors (Lipinski definition) is 7. The summed E-state index contributed by atoms with van der Waals surface area (Å²) in [7, 11) is 0. The number of halogens is 2. The second-order valence-corrected chi connectivity index (χ2v) is 5.97. The lowest BCUT2D eigenvalue weighted by Gasteiger charge is -2.29. The maximum atomic E-state index is 15.1. The number of alkyl halides is 2. The third-order valence-corrected chi connectivity index (χ3v) is 4.33. The molecule has 1 aliphatic rings. The Hall–Kier alpha value is -2.11. The highest BCUT2D eigenvalue weighted by molar-refractivity contribution is 5.70. The molecule has 1 fully saturated rings. The molecular weight excluding hydrogens is 328 g/mol. The van der Waals surface area contributed by atoms with Crippen LogP contribution in [0.15, 0.2) is 11.1 Å². The van der Waals surface area contributed by atoms with Crippen LogP contribution in [0.3, 0.4) is 0 Å². The number of nitrogens with two attached hydrogens (primary N) is 1. The number of imidazole rings is 1. The molecule has 1 aliphatic heterocycles. The number of nitrogen functional groups attached to an aromatic ring is 1. The maximum absolute atomic E-state index is 15.1. The molecule has 1 saturated heterocycles. The first-order valence-corrected chi connectivity index (χ1v) is 7.21. The summed E-state index contributed by atoms with van der Waals surface area (Å²) in [6.45, 7) is -0.660. The van der Waals surface area contributed by atoms with Crippen LogP contribution >= 0.6 is 0 Å². The zero-order valence-electron chi connectivity index (χ0n) is 12.7. The fourth-order valence-corrected chi connectivity index (χ4v) is 3.05. The normalized spacial score (nSPS) is 33.4. The number of nitrogens with one attached hydrogen (secondary N) is 1. The minimum atomic E-state index is -2.42. The van der Waals surface area contributed by atoms with Crippen LogP contribution in [0.25, 0.3) is 11.2 Å². The van der Waals surface area contributed by atoms with E-state index in [-0.39, 0.29) is 23.5 Å². The van der Waals surface area contributed by atoms with Crippen molar-refractivity contribution in [3.8, 4) is 0 Å². The molecule has 11 heteroatoms. The Balaban J connectivity index is 2.14. The standard InChI is InChI=1S/C13H17F2N5O4/c1-12(15)9(23)13(4-14,2-3-21)24-10(12)20-5-17-6-7(20)18-11(16)19-8(6)22/h5,9-10,21,23H,2-4H2,1H3,(H3,16,18,19,22)/t9-,10?,12+,13-/m0/s1. The summed E-state index contributed by atoms with van der Waals surface area (Å²) >= 11 is 0. The molecule has 3 rings (SSSR count). The third-order valence-electron chi connectivity index (χ3n) is 4.33. The molecule has 9 nitrogen and oxygen atoms in total. The lowest BCUT2D eigenvalue weighted by atomic mass is 9.87. The largest absolute Gasteiger partial charge is 0.396 e. The van der Waals surface area contributed by atoms with Gasteiger partial charge in [-0.05, 0) is 6.92 Å². The summed E-state index contributed by atoms with van der Waals surface area (Å²) in [4.78, 5) is 21.8. The van der Waals surface area contributed by atoms with Crippen LogP contribution in [0.2, 0.25) is 0 Å². The van der Waals surface area contributed by atoms with Gasteiger partial charge in [0.15, 0.2) is 23.1 Å². The first kappa shape index (κ1) is 16.7. The predicted molar refractivity (Wildman–Crippen MR) is 78.6 cm³/mol. The molecule has 24 heavy (non-hydrogen) atoms. The number of aromatic nitrogens is 4. The van der Waals surface area contributed by atoms with E-state index in [0.29, 0.717) is 0 Å². The molecular formula is C13H17F2N5O4. The highest BCUT2D eigenvalue weighted by atomic mass is 19.1. The van der Waals surface area contributed by atoms with Gasteiger partial charge in [0.05, 0.1) is 6.33 Å². The highest BCUT2D eigenvalue weighted by Crippen LogP contribution is 2.48. The maximum Gasteiger partial charge on any atom is 0.280 e. The van der Waals surface area contributed by atoms with Gasteiger partial charge in [-0.25, -0.2) is 13.8 Å². The van der Waals surface area contributed by atoms with Crippen LogP contribution in [0.5, 0.6) is 0 Å². The van der Waals surface area contributed by atoms with Crippen molar-refractivity contribution in [3.05, 3.63) is 16.7 Å². The van der Waals surface area contributed by atoms with E-state index in [2.05, 4.69) is 15.0 Å². The Morgan fingerprint density at radius 3 is 2.92 bits per heavy atom. The Kier molecular flexibility index (Phi) is 3.81. The van der Waals surface area contributed by atoms with Gasteiger partial charge in [0, 0.05) is 13.0 Å². The molecule has 0 spiro atoms. The Morgan fingerprint density at radius 1 is 1.58 bits per heavy atom. The van der Waals surface area contributed by atoms with Gasteiger partial charge in [-0.2, -0.15) is 4.98 Å². The van der Waals surface area contributed by atoms with E-state index < -0.39 is 42.4 Å². The smallest absolute Gasteiger partial charge is 0.280 e. The zero-order chi connectivity index (χ0) is 17.7. The number of fused-ring (bicyclic) bond motifs is 1. The van der Waals surface area contributed by atoms with E-state index in [9.17, 15) is 14.3 Å². The lowest BCUT2D eigenvalue weighted by Crippen LogP contribution is -2.49. The van der Waals surface area contributed by atoms with E-state index in [0.717, 1.165) is 17.8 Å². The molecule has 0 radical (unpaired) electrons. The molecule has 132 valence electrons. The number of aliphatic hydroxyl groups excluding tert-OH is 2. The third kappa shape index (κ3) is 2.19. The predicted octanol–water partition coefficient (Wildman–Crippen LogP) is -0.590. The second kappa shape index (κ2) is 5.46. The van der Waals surface area contributed by atoms with Gasteiger partial charge in [-0.1, -0.05) is 0 Å². The number of aromatic amines is 1. The number of nitrogens with zero attached hydrogens (tertiary/aromatic N) is 3. The molecule has 0 saturated carbocycles. The average molecular weight is 345 g/mol. The van der Waals surface area contributed by atoms with Gasteiger partial charge in [0.1, 0.15) is 18.4 Å². The fourth-order valence-electron chi connectivity index (χ4n) is 3.05. The second-order valence-electron chi connectivity index (χ2n) is 5.97. The zero-order valence-corrected chi connectivity index (χ0v) is 12.7. The van der Waals surface area contributed by atoms with Gasteiger partial charge in [-0.15, -0.1) is 0 Å². The Labute approximate surface area is 134 Å². The van der Waals surface area contributed by atoms with E-state index in [4.69, 9.17) is 15.6 Å². The van der Waals surface area contributed by atoms with E-state index >= 15 is 4.39 Å². The van der Waals surface area contributed by atoms with Crippen LogP contribution in [-0.2, 0) is 4.74 Å². The van der Waals surface area contributed by atoms with Crippen LogP contribution in [-0.4, -0.2) is 60.4 Å². The SMILES string of the molecule is C[C@]1(F)C(n2cnc3c(=O)[nH]c(N)nc32)O[C@](CF)(CCO)[C@H]1O. The first-order valence-electron chi connectivity index (χ1n) is 7.21. The van der Waals surface area contributed by atoms with Crippen molar-refractivity contribution in [1.82, 2.24) is 19.5 Å². The molecule has 1 unspecified atom stereocenters. The Morgan fingerprint density at radius 2 is 2.29 bits per heavy atom. The first-order chi connectivity index (χ1) is 11.3. The van der Waals surface area contributed by atoms with E-state index in [1.165, 1.54) is 0 Å². The molecule has 0 aromatic carbocycles. The van der Waals surface area contributed by atoms with Crippen molar-refractivity contribution < 1.29 is 23.7 Å². The van der Waals surface area contributed by atoms with Crippen molar-refractivity contribution >= 4 is 17.1 Å². The number of hydrogen-bond donors (Lipinski definition) is 4. The number of anilines is 1. The van der Waals surface area contributed by atoms with Crippen molar-refractivity contribution in [2.45, 2.75) is 36.9 Å². The van der Waals surface area contributed by atoms with Gasteiger partial charge >= 0.3 is 0 Å². The van der Waals surface area contributed by atoms with Crippen LogP contribution < -0.4 is 11.3 Å². The molecule has 2 aromatic heterocycles. The van der Waals surface area contributed by atoms with Gasteiger partial charge in [-0.3, -0.25) is 14.3 Å². The minimum Gasteiger partial charge on any atom is -0.396 e. The monoisotopic (exact) mass is 345 g/mol. The minimum absolute atomic E-state index is 0.0593. The topological polar surface area (TPSA) is 139 Å². The molecule has 0 amide bonds. The molecule has 2 aromatic rings. The number of aliphatic hydroxyl groups is 2. The number of H-pyrrole nitrogens is 1. The molecule has 0 aliphatic carbocycles. The molecule has 5 N–H and O–H groups in total. The summed E-state index contributed by atoms with van der Waals surface area (Å²) in [5, 5.41) is 19.3. The number of rotatable bonds is 4. The van der Waals surface area contributed by atoms with E-state index in [1.54, 1.807) is 0 Å². The number of ether oxygens (including phenoxy) is 1. The van der Waals surface area contributed by atoms with Gasteiger partial charge < -0.3 is 20.7 Å². The highest BCUT2D eigenvalue weighted by Gasteiger charge is 2.63. The van der Waals surface area contributed by atoms with Gasteiger partial charge in [0.25, 0.3) is 5.56 Å². The summed E-state index contributed by atoms with van der Waals surface area (Å²) in [6.07, 6.45) is -2.55. The average Bonchev–Trinajstić information content (AvgIpc) is 3.01. The van der Waals surface area contributed by atoms with E-state index in [1.807, 2.05) is 0 Å². The molecule has 3 heterocycles. The van der Waals surface area contributed by atoms with Crippen molar-refractivity contribution in [2.75, 3.05) is 19.0 Å². The van der Waals surface area contributed by atoms with Crippen molar-refractivity contribution in [1.29, 1.82) is 0 Å². The summed E-state index contributed by atoms with van der Waals surface area (Å²) in [5.74, 6) is -0.208. The Bertz CT molecular complexity index is 822. The van der Waals surface area contributed by atoms with Crippen LogP contribution in [0.4, 0.5) is 14.7 Å². The lowest BCUT2D eigenvalue weighted by molar-refractivity contribution is -0.123. The quantitative estimate of drug-likeness (QED) is 0.581. The molecule has 4 atom stereocenters. The van der Waals surface area contributed by atoms with Crippen molar-refractivity contribution in [3.63, 3.8) is 0 Å². The van der Waals surface area contributed by atoms with Crippen molar-refractivity contribution in [2.24, 2.45) is 0 Å². The summed E-state index contributed by atoms with van der Waals surface area (Å²) in [5.41, 5.74) is 0.375. The fraction of sp³-hybridized carbons (Fsp3) is 0.615. The summed E-state index contributed by atoms with van der Waals surface area (Å²) in [6, 6.07) is 0.